The van der Waals surface area contributed by atoms with Crippen LogP contribution in [0.2, 0.25) is 24.2 Å². The van der Waals surface area contributed by atoms with Crippen molar-refractivity contribution in [1.29, 1.82) is 0 Å². The van der Waals surface area contributed by atoms with Crippen LogP contribution in [0.15, 0.2) is 23.3 Å². The van der Waals surface area contributed by atoms with Crippen molar-refractivity contribution >= 4 is 8.07 Å². The van der Waals surface area contributed by atoms with Crippen molar-refractivity contribution in [2.24, 2.45) is 0 Å². The fourth-order valence-electron chi connectivity index (χ4n) is 2.49. The molecular formula is C16H32Si. The number of hydrogen-bond donors (Lipinski definition) is 0. The number of rotatable bonds is 8. The van der Waals surface area contributed by atoms with E-state index in [1.54, 1.807) is 5.57 Å². The molecule has 0 aromatic heterocycles. The molecule has 0 aromatic carbocycles. The van der Waals surface area contributed by atoms with Crippen molar-refractivity contribution in [3.8, 4) is 0 Å². The first-order chi connectivity index (χ1) is 8.03. The maximum absolute atomic E-state index is 2.41. The Bertz CT molecular complexity index is 244. The fraction of sp³-hybridized carbons (Fsp3) is 0.750. The average molecular weight is 253 g/mol. The zero-order chi connectivity index (χ0) is 13.3. The Balaban J connectivity index is 4.44. The van der Waals surface area contributed by atoms with Gasteiger partial charge in [0.2, 0.25) is 0 Å². The first-order valence-corrected chi connectivity index (χ1v) is 10.1. The smallest absolute Gasteiger partial charge is 0.0567 e. The molecule has 0 bridgehead atoms. The van der Waals surface area contributed by atoms with E-state index in [1.165, 1.54) is 42.6 Å². The van der Waals surface area contributed by atoms with E-state index in [4.69, 9.17) is 0 Å². The summed E-state index contributed by atoms with van der Waals surface area (Å²) in [5.41, 5.74) is 3.16. The van der Waals surface area contributed by atoms with Gasteiger partial charge in [-0.1, -0.05) is 62.2 Å². The topological polar surface area (TPSA) is 0 Å². The monoisotopic (exact) mass is 252 g/mol. The molecule has 0 heterocycles. The van der Waals surface area contributed by atoms with Gasteiger partial charge in [-0.2, -0.15) is 0 Å². The number of allylic oxidation sites excluding steroid dienone is 4. The van der Waals surface area contributed by atoms with Crippen LogP contribution in [0.25, 0.3) is 0 Å². The second-order valence-electron chi connectivity index (χ2n) is 5.50. The third-order valence-corrected chi connectivity index (χ3v) is 9.98. The molecule has 0 aliphatic rings. The van der Waals surface area contributed by atoms with Crippen LogP contribution < -0.4 is 0 Å². The lowest BCUT2D eigenvalue weighted by Crippen LogP contribution is -2.31. The Kier molecular flexibility index (Phi) is 8.58. The summed E-state index contributed by atoms with van der Waals surface area (Å²) < 4.78 is 0. The Hall–Kier alpha value is -0.303. The average Bonchev–Trinajstić information content (AvgIpc) is 2.34. The summed E-state index contributed by atoms with van der Waals surface area (Å²) in [4.78, 5) is 0. The van der Waals surface area contributed by atoms with Crippen LogP contribution in [-0.4, -0.2) is 8.07 Å². The van der Waals surface area contributed by atoms with Crippen molar-refractivity contribution < 1.29 is 0 Å². The van der Waals surface area contributed by atoms with Gasteiger partial charge >= 0.3 is 0 Å². The molecule has 100 valence electrons. The summed E-state index contributed by atoms with van der Waals surface area (Å²) in [7, 11) is -0.968. The normalized spacial score (nSPS) is 12.7. The van der Waals surface area contributed by atoms with E-state index in [2.05, 4.69) is 53.7 Å². The van der Waals surface area contributed by atoms with Crippen molar-refractivity contribution in [2.75, 3.05) is 0 Å². The lowest BCUT2D eigenvalue weighted by atomic mass is 10.1. The minimum Gasteiger partial charge on any atom is -0.0887 e. The first-order valence-electron chi connectivity index (χ1n) is 7.31. The molecular weight excluding hydrogens is 220 g/mol. The highest BCUT2D eigenvalue weighted by molar-refractivity contribution is 6.80. The predicted molar refractivity (Wildman–Crippen MR) is 84.4 cm³/mol. The Morgan fingerprint density at radius 2 is 1.53 bits per heavy atom. The summed E-state index contributed by atoms with van der Waals surface area (Å²) in [6.45, 7) is 13.8. The second kappa shape index (κ2) is 8.74. The first kappa shape index (κ1) is 16.7. The molecule has 0 fully saturated rings. The van der Waals surface area contributed by atoms with Crippen LogP contribution in [-0.2, 0) is 0 Å². The van der Waals surface area contributed by atoms with Gasteiger partial charge < -0.3 is 0 Å². The van der Waals surface area contributed by atoms with Crippen LogP contribution in [0.4, 0.5) is 0 Å². The van der Waals surface area contributed by atoms with Gasteiger partial charge in [-0.15, -0.1) is 0 Å². The minimum atomic E-state index is -0.968. The molecule has 0 saturated heterocycles. The van der Waals surface area contributed by atoms with Gasteiger partial charge in [0.15, 0.2) is 0 Å². The molecule has 0 saturated carbocycles. The van der Waals surface area contributed by atoms with E-state index >= 15 is 0 Å². The molecule has 0 radical (unpaired) electrons. The molecule has 0 rings (SSSR count). The Morgan fingerprint density at radius 3 is 1.88 bits per heavy atom. The van der Waals surface area contributed by atoms with Gasteiger partial charge in [0.05, 0.1) is 8.07 Å². The summed E-state index contributed by atoms with van der Waals surface area (Å²) in [6, 6.07) is 5.77. The van der Waals surface area contributed by atoms with E-state index in [1.807, 2.05) is 0 Å². The molecule has 1 heteroatoms. The Labute approximate surface area is 110 Å². The molecule has 0 N–H and O–H groups in total. The quantitative estimate of drug-likeness (QED) is 0.357. The SMILES string of the molecule is C/C=C(/CCC=C(C)C)C[Si](CC)(CC)CC. The summed E-state index contributed by atoms with van der Waals surface area (Å²) in [5, 5.41) is 0. The highest BCUT2D eigenvalue weighted by atomic mass is 28.3. The van der Waals surface area contributed by atoms with Gasteiger partial charge in [0.25, 0.3) is 0 Å². The van der Waals surface area contributed by atoms with Gasteiger partial charge in [-0.05, 0) is 39.7 Å². The molecule has 0 aliphatic carbocycles. The van der Waals surface area contributed by atoms with Crippen molar-refractivity contribution in [2.45, 2.75) is 78.6 Å². The molecule has 0 spiro atoms. The largest absolute Gasteiger partial charge is 0.0887 e. The second-order valence-corrected chi connectivity index (χ2v) is 11.0. The van der Waals surface area contributed by atoms with Gasteiger partial charge in [-0.25, -0.2) is 0 Å². The molecule has 0 aromatic rings. The lowest BCUT2D eigenvalue weighted by Gasteiger charge is -2.29. The molecule has 0 amide bonds. The maximum atomic E-state index is 2.41. The lowest BCUT2D eigenvalue weighted by molar-refractivity contribution is 0.943. The van der Waals surface area contributed by atoms with Gasteiger partial charge in [0.1, 0.15) is 0 Å². The standard InChI is InChI=1S/C16H32Si/c1-7-16(13-11-12-15(5)6)14-17(8-2,9-3)10-4/h7,12H,8-11,13-14H2,1-6H3/b16-7-. The van der Waals surface area contributed by atoms with Gasteiger partial charge in [-0.3, -0.25) is 0 Å². The fourth-order valence-corrected chi connectivity index (χ4v) is 6.08. The summed E-state index contributed by atoms with van der Waals surface area (Å²) in [5.74, 6) is 0. The Morgan fingerprint density at radius 1 is 1.00 bits per heavy atom. The minimum absolute atomic E-state index is 0.968. The highest BCUT2D eigenvalue weighted by Gasteiger charge is 2.27. The molecule has 0 aliphatic heterocycles. The van der Waals surface area contributed by atoms with Crippen LogP contribution in [0.5, 0.6) is 0 Å². The van der Waals surface area contributed by atoms with Crippen molar-refractivity contribution in [3.63, 3.8) is 0 Å². The van der Waals surface area contributed by atoms with Crippen LogP contribution in [0.3, 0.4) is 0 Å². The summed E-state index contributed by atoms with van der Waals surface area (Å²) >= 11 is 0. The van der Waals surface area contributed by atoms with Crippen molar-refractivity contribution in [1.82, 2.24) is 0 Å². The van der Waals surface area contributed by atoms with E-state index < -0.39 is 8.07 Å². The molecule has 0 atom stereocenters. The van der Waals surface area contributed by atoms with Crippen LogP contribution in [0.1, 0.15) is 54.4 Å². The number of hydrogen-bond acceptors (Lipinski definition) is 0. The zero-order valence-corrected chi connectivity index (χ0v) is 13.9. The van der Waals surface area contributed by atoms with Crippen LogP contribution >= 0.6 is 0 Å². The van der Waals surface area contributed by atoms with Gasteiger partial charge in [0, 0.05) is 0 Å². The molecule has 0 unspecified atom stereocenters. The third kappa shape index (κ3) is 6.26. The van der Waals surface area contributed by atoms with E-state index in [-0.39, 0.29) is 0 Å². The predicted octanol–water partition coefficient (Wildman–Crippen LogP) is 6.19. The van der Waals surface area contributed by atoms with E-state index in [9.17, 15) is 0 Å². The highest BCUT2D eigenvalue weighted by Crippen LogP contribution is 2.30. The van der Waals surface area contributed by atoms with E-state index in [0.29, 0.717) is 0 Å². The molecule has 17 heavy (non-hydrogen) atoms. The third-order valence-electron chi connectivity index (χ3n) is 4.28. The zero-order valence-electron chi connectivity index (χ0n) is 12.9. The van der Waals surface area contributed by atoms with E-state index in [0.717, 1.165) is 0 Å². The molecule has 0 nitrogen and oxygen atoms in total. The van der Waals surface area contributed by atoms with Crippen LogP contribution in [0, 0.1) is 0 Å². The van der Waals surface area contributed by atoms with Crippen molar-refractivity contribution in [3.05, 3.63) is 23.3 Å². The summed E-state index contributed by atoms with van der Waals surface area (Å²) in [6.07, 6.45) is 7.25. The maximum Gasteiger partial charge on any atom is 0.0567 e.